The number of rotatable bonds is 4. The summed E-state index contributed by atoms with van der Waals surface area (Å²) in [6.07, 6.45) is 6.72. The van der Waals surface area contributed by atoms with Crippen molar-refractivity contribution in [3.05, 3.63) is 35.9 Å². The summed E-state index contributed by atoms with van der Waals surface area (Å²) in [6, 6.07) is 11.7. The maximum absolute atomic E-state index is 3.72. The van der Waals surface area contributed by atoms with Crippen molar-refractivity contribution < 1.29 is 0 Å². The summed E-state index contributed by atoms with van der Waals surface area (Å²) in [4.78, 5) is 0. The van der Waals surface area contributed by atoms with E-state index in [9.17, 15) is 0 Å². The number of benzene rings is 1. The van der Waals surface area contributed by atoms with Crippen LogP contribution in [0.5, 0.6) is 0 Å². The second-order valence-electron chi connectivity index (χ2n) is 4.86. The first-order valence-electron chi connectivity index (χ1n) is 6.70. The van der Waals surface area contributed by atoms with Crippen LogP contribution in [0.15, 0.2) is 30.3 Å². The van der Waals surface area contributed by atoms with Gasteiger partial charge in [0, 0.05) is 6.04 Å². The zero-order valence-corrected chi connectivity index (χ0v) is 10.3. The molecule has 2 unspecified atom stereocenters. The van der Waals surface area contributed by atoms with Crippen LogP contribution in [0, 0.1) is 0 Å². The standard InChI is InChI=1S/C15H23N/c1-2-12-16-15-11-7-6-10-14(15)13-8-4-3-5-9-13/h3-5,8-9,14-16H,2,6-7,10-12H2,1H3. The molecule has 1 nitrogen and oxygen atoms in total. The fourth-order valence-electron chi connectivity index (χ4n) is 2.80. The lowest BCUT2D eigenvalue weighted by Gasteiger charge is -2.32. The van der Waals surface area contributed by atoms with Crippen LogP contribution < -0.4 is 5.32 Å². The Hall–Kier alpha value is -0.820. The van der Waals surface area contributed by atoms with Crippen LogP contribution in [0.25, 0.3) is 0 Å². The minimum Gasteiger partial charge on any atom is -0.313 e. The zero-order valence-electron chi connectivity index (χ0n) is 10.3. The highest BCUT2D eigenvalue weighted by molar-refractivity contribution is 5.21. The van der Waals surface area contributed by atoms with Gasteiger partial charge in [-0.2, -0.15) is 0 Å². The predicted molar refractivity (Wildman–Crippen MR) is 69.7 cm³/mol. The maximum atomic E-state index is 3.72. The molecule has 2 rings (SSSR count). The normalized spacial score (nSPS) is 25.6. The summed E-state index contributed by atoms with van der Waals surface area (Å²) in [5.41, 5.74) is 1.52. The first-order valence-corrected chi connectivity index (χ1v) is 6.70. The van der Waals surface area contributed by atoms with Gasteiger partial charge in [-0.05, 0) is 37.3 Å². The van der Waals surface area contributed by atoms with Gasteiger partial charge in [0.05, 0.1) is 0 Å². The molecule has 1 N–H and O–H groups in total. The van der Waals surface area contributed by atoms with Crippen molar-refractivity contribution >= 4 is 0 Å². The molecule has 1 aliphatic carbocycles. The first kappa shape index (κ1) is 11.7. The van der Waals surface area contributed by atoms with Gasteiger partial charge >= 0.3 is 0 Å². The Morgan fingerprint density at radius 3 is 2.62 bits per heavy atom. The first-order chi connectivity index (χ1) is 7.92. The van der Waals surface area contributed by atoms with E-state index in [1.807, 2.05) is 0 Å². The van der Waals surface area contributed by atoms with Crippen molar-refractivity contribution in [1.82, 2.24) is 5.32 Å². The number of hydrogen-bond acceptors (Lipinski definition) is 1. The topological polar surface area (TPSA) is 12.0 Å². The highest BCUT2D eigenvalue weighted by atomic mass is 14.9. The van der Waals surface area contributed by atoms with E-state index >= 15 is 0 Å². The van der Waals surface area contributed by atoms with Gasteiger partial charge in [-0.3, -0.25) is 0 Å². The molecule has 1 aliphatic rings. The van der Waals surface area contributed by atoms with Crippen LogP contribution in [0.2, 0.25) is 0 Å². The Balaban J connectivity index is 2.04. The molecule has 1 aromatic rings. The summed E-state index contributed by atoms with van der Waals surface area (Å²) in [5.74, 6) is 0.737. The van der Waals surface area contributed by atoms with E-state index in [1.165, 1.54) is 37.7 Å². The van der Waals surface area contributed by atoms with Crippen molar-refractivity contribution in [3.63, 3.8) is 0 Å². The molecule has 16 heavy (non-hydrogen) atoms. The quantitative estimate of drug-likeness (QED) is 0.810. The summed E-state index contributed by atoms with van der Waals surface area (Å²) in [6.45, 7) is 3.40. The average Bonchev–Trinajstić information content (AvgIpc) is 2.38. The van der Waals surface area contributed by atoms with E-state index in [1.54, 1.807) is 0 Å². The summed E-state index contributed by atoms with van der Waals surface area (Å²) >= 11 is 0. The predicted octanol–water partition coefficient (Wildman–Crippen LogP) is 3.71. The van der Waals surface area contributed by atoms with Crippen molar-refractivity contribution in [2.24, 2.45) is 0 Å². The van der Waals surface area contributed by atoms with Gasteiger partial charge < -0.3 is 5.32 Å². The van der Waals surface area contributed by atoms with Gasteiger partial charge in [-0.25, -0.2) is 0 Å². The minimum atomic E-state index is 0.705. The molecule has 0 bridgehead atoms. The summed E-state index contributed by atoms with van der Waals surface area (Å²) < 4.78 is 0. The molecule has 88 valence electrons. The number of hydrogen-bond donors (Lipinski definition) is 1. The van der Waals surface area contributed by atoms with Crippen LogP contribution in [0.4, 0.5) is 0 Å². The SMILES string of the molecule is CCCNC1CCCCC1c1ccccc1. The summed E-state index contributed by atoms with van der Waals surface area (Å²) in [7, 11) is 0. The van der Waals surface area contributed by atoms with Gasteiger partial charge in [-0.1, -0.05) is 50.1 Å². The molecule has 0 spiro atoms. The Bertz CT molecular complexity index is 294. The molecule has 1 fully saturated rings. The lowest BCUT2D eigenvalue weighted by Crippen LogP contribution is -2.37. The third-order valence-corrected chi connectivity index (χ3v) is 3.65. The van der Waals surface area contributed by atoms with Crippen LogP contribution in [-0.4, -0.2) is 12.6 Å². The molecular weight excluding hydrogens is 194 g/mol. The van der Waals surface area contributed by atoms with E-state index in [0.29, 0.717) is 6.04 Å². The molecule has 2 atom stereocenters. The minimum absolute atomic E-state index is 0.705. The second kappa shape index (κ2) is 6.05. The van der Waals surface area contributed by atoms with E-state index in [-0.39, 0.29) is 0 Å². The third kappa shape index (κ3) is 2.85. The Labute approximate surface area is 99.3 Å². The van der Waals surface area contributed by atoms with Gasteiger partial charge in [-0.15, -0.1) is 0 Å². The molecule has 0 heterocycles. The van der Waals surface area contributed by atoms with Crippen LogP contribution >= 0.6 is 0 Å². The average molecular weight is 217 g/mol. The Morgan fingerprint density at radius 2 is 1.88 bits per heavy atom. The van der Waals surface area contributed by atoms with Crippen molar-refractivity contribution in [2.45, 2.75) is 51.0 Å². The van der Waals surface area contributed by atoms with Crippen molar-refractivity contribution in [1.29, 1.82) is 0 Å². The molecule has 0 radical (unpaired) electrons. The molecule has 0 aromatic heterocycles. The highest BCUT2D eigenvalue weighted by Gasteiger charge is 2.25. The van der Waals surface area contributed by atoms with Crippen LogP contribution in [0.3, 0.4) is 0 Å². The smallest absolute Gasteiger partial charge is 0.0136 e. The molecule has 1 heteroatoms. The van der Waals surface area contributed by atoms with Crippen LogP contribution in [-0.2, 0) is 0 Å². The van der Waals surface area contributed by atoms with Crippen molar-refractivity contribution in [3.8, 4) is 0 Å². The lowest BCUT2D eigenvalue weighted by molar-refractivity contribution is 0.328. The highest BCUT2D eigenvalue weighted by Crippen LogP contribution is 2.32. The monoisotopic (exact) mass is 217 g/mol. The fraction of sp³-hybridized carbons (Fsp3) is 0.600. The second-order valence-corrected chi connectivity index (χ2v) is 4.86. The summed E-state index contributed by atoms with van der Waals surface area (Å²) in [5, 5.41) is 3.72. The van der Waals surface area contributed by atoms with Gasteiger partial charge in [0.2, 0.25) is 0 Å². The maximum Gasteiger partial charge on any atom is 0.0136 e. The number of nitrogens with one attached hydrogen (secondary N) is 1. The van der Waals surface area contributed by atoms with Crippen LogP contribution in [0.1, 0.15) is 50.5 Å². The molecular formula is C15H23N. The molecule has 0 aliphatic heterocycles. The largest absolute Gasteiger partial charge is 0.313 e. The van der Waals surface area contributed by atoms with Gasteiger partial charge in [0.15, 0.2) is 0 Å². The van der Waals surface area contributed by atoms with Crippen molar-refractivity contribution in [2.75, 3.05) is 6.54 Å². The van der Waals surface area contributed by atoms with E-state index in [2.05, 4.69) is 42.6 Å². The Kier molecular flexibility index (Phi) is 4.41. The molecule has 0 amide bonds. The fourth-order valence-corrected chi connectivity index (χ4v) is 2.80. The lowest BCUT2D eigenvalue weighted by atomic mass is 9.80. The molecule has 1 saturated carbocycles. The Morgan fingerprint density at radius 1 is 1.12 bits per heavy atom. The van der Waals surface area contributed by atoms with Gasteiger partial charge in [0.25, 0.3) is 0 Å². The van der Waals surface area contributed by atoms with E-state index < -0.39 is 0 Å². The zero-order chi connectivity index (χ0) is 11.2. The van der Waals surface area contributed by atoms with Gasteiger partial charge in [0.1, 0.15) is 0 Å². The van der Waals surface area contributed by atoms with E-state index in [0.717, 1.165) is 12.5 Å². The third-order valence-electron chi connectivity index (χ3n) is 3.65. The molecule has 1 aromatic carbocycles. The molecule has 0 saturated heterocycles. The van der Waals surface area contributed by atoms with E-state index in [4.69, 9.17) is 0 Å².